The molecule has 4 nitrogen and oxygen atoms in total. The lowest BCUT2D eigenvalue weighted by Crippen LogP contribution is -2.39. The Bertz CT molecular complexity index is 942. The van der Waals surface area contributed by atoms with Crippen LogP contribution in [-0.4, -0.2) is 39.4 Å². The number of unbranched alkanes of at least 4 members (excludes halogenated alkanes) is 5. The molecule has 0 aromatic carbocycles. The van der Waals surface area contributed by atoms with Crippen molar-refractivity contribution in [3.8, 4) is 0 Å². The van der Waals surface area contributed by atoms with E-state index in [1.165, 1.54) is 56.9 Å². The summed E-state index contributed by atoms with van der Waals surface area (Å²) in [4.78, 5) is 13.1. The van der Waals surface area contributed by atoms with E-state index in [0.29, 0.717) is 37.5 Å². The zero-order valence-corrected chi connectivity index (χ0v) is 26.0. The molecule has 0 aromatic heterocycles. The van der Waals surface area contributed by atoms with Gasteiger partial charge in [0.2, 0.25) is 0 Å². The molecule has 0 aromatic rings. The zero-order chi connectivity index (χ0) is 29.0. The molecule has 0 saturated heterocycles. The minimum absolute atomic E-state index is 0.0542. The van der Waals surface area contributed by atoms with E-state index in [1.807, 2.05) is 6.08 Å². The highest BCUT2D eigenvalue weighted by Gasteiger charge is 2.55. The van der Waals surface area contributed by atoms with Crippen LogP contribution in [-0.2, 0) is 4.79 Å². The number of Topliss-reactive ketones (excluding diaryl/α,β-unsaturated/α-hetero) is 1. The average molecular weight is 555 g/mol. The first-order valence-corrected chi connectivity index (χ1v) is 16.7. The molecule has 0 unspecified atom stereocenters. The first kappa shape index (κ1) is 31.7. The van der Waals surface area contributed by atoms with Gasteiger partial charge >= 0.3 is 0 Å². The Morgan fingerprint density at radius 2 is 1.68 bits per heavy atom. The summed E-state index contributed by atoms with van der Waals surface area (Å²) in [6.07, 6.45) is 24.4. The Morgan fingerprint density at radius 1 is 1.00 bits per heavy atom. The summed E-state index contributed by atoms with van der Waals surface area (Å²) in [7, 11) is 0. The van der Waals surface area contributed by atoms with Gasteiger partial charge in [-0.25, -0.2) is 0 Å². The molecule has 0 amide bonds. The van der Waals surface area contributed by atoms with Crippen LogP contribution in [0.5, 0.6) is 0 Å². The summed E-state index contributed by atoms with van der Waals surface area (Å²) in [5.74, 6) is 1.37. The van der Waals surface area contributed by atoms with Gasteiger partial charge in [0.25, 0.3) is 0 Å². The quantitative estimate of drug-likeness (QED) is 0.159. The molecule has 4 saturated carbocycles. The van der Waals surface area contributed by atoms with E-state index in [-0.39, 0.29) is 16.6 Å². The summed E-state index contributed by atoms with van der Waals surface area (Å²) in [6.45, 7) is 9.37. The molecule has 0 radical (unpaired) electrons. The van der Waals surface area contributed by atoms with E-state index in [9.17, 15) is 20.1 Å². The predicted molar refractivity (Wildman–Crippen MR) is 164 cm³/mol. The van der Waals surface area contributed by atoms with Gasteiger partial charge in [0, 0.05) is 6.42 Å². The maximum atomic E-state index is 13.1. The van der Waals surface area contributed by atoms with Gasteiger partial charge in [-0.2, -0.15) is 0 Å². The summed E-state index contributed by atoms with van der Waals surface area (Å²) in [5, 5.41) is 31.4. The third-order valence-corrected chi connectivity index (χ3v) is 11.3. The maximum absolute atomic E-state index is 13.1. The summed E-state index contributed by atoms with van der Waals surface area (Å²) in [6, 6.07) is 0. The van der Waals surface area contributed by atoms with Crippen LogP contribution in [0.25, 0.3) is 0 Å². The first-order chi connectivity index (χ1) is 19.0. The lowest BCUT2D eigenvalue weighted by Gasteiger charge is -2.47. The molecule has 4 fully saturated rings. The minimum Gasteiger partial charge on any atom is -0.393 e. The number of allylic oxidation sites excluding steroid dienone is 4. The highest BCUT2D eigenvalue weighted by atomic mass is 16.3. The van der Waals surface area contributed by atoms with Gasteiger partial charge in [0.05, 0.1) is 23.7 Å². The molecule has 6 atom stereocenters. The topological polar surface area (TPSA) is 77.8 Å². The van der Waals surface area contributed by atoms with Gasteiger partial charge in [-0.3, -0.25) is 4.79 Å². The van der Waals surface area contributed by atoms with Crippen LogP contribution in [0.4, 0.5) is 0 Å². The van der Waals surface area contributed by atoms with Gasteiger partial charge < -0.3 is 15.3 Å². The first-order valence-electron chi connectivity index (χ1n) is 16.7. The van der Waals surface area contributed by atoms with Gasteiger partial charge in [-0.05, 0) is 93.3 Å². The second-order valence-corrected chi connectivity index (χ2v) is 14.8. The maximum Gasteiger partial charge on any atom is 0.141 e. The van der Waals surface area contributed by atoms with Crippen molar-refractivity contribution in [1.82, 2.24) is 0 Å². The van der Waals surface area contributed by atoms with Crippen molar-refractivity contribution in [3.05, 3.63) is 35.5 Å². The van der Waals surface area contributed by atoms with Crippen LogP contribution in [0.3, 0.4) is 0 Å². The Labute approximate surface area is 244 Å². The highest BCUT2D eigenvalue weighted by molar-refractivity contribution is 5.88. The Kier molecular flexibility index (Phi) is 10.6. The number of fused-ring (bicyclic) bond motifs is 1. The van der Waals surface area contributed by atoms with Crippen molar-refractivity contribution in [2.45, 2.75) is 155 Å². The largest absolute Gasteiger partial charge is 0.393 e. The molecule has 40 heavy (non-hydrogen) atoms. The fraction of sp³-hybridized carbons (Fsp3) is 0.806. The molecule has 4 aliphatic carbocycles. The molecular weight excluding hydrogens is 496 g/mol. The monoisotopic (exact) mass is 554 g/mol. The Morgan fingerprint density at radius 3 is 2.35 bits per heavy atom. The highest BCUT2D eigenvalue weighted by Crippen LogP contribution is 2.62. The van der Waals surface area contributed by atoms with Gasteiger partial charge in [0.15, 0.2) is 0 Å². The Balaban J connectivity index is 1.37. The normalized spacial score (nSPS) is 33.8. The summed E-state index contributed by atoms with van der Waals surface area (Å²) < 4.78 is 0. The molecule has 0 heterocycles. The molecule has 0 bridgehead atoms. The smallest absolute Gasteiger partial charge is 0.141 e. The molecule has 4 aliphatic rings. The van der Waals surface area contributed by atoms with Crippen LogP contribution in [0, 0.1) is 28.1 Å². The third kappa shape index (κ3) is 7.21. The van der Waals surface area contributed by atoms with Crippen molar-refractivity contribution >= 4 is 5.78 Å². The lowest BCUT2D eigenvalue weighted by atomic mass is 9.57. The molecule has 4 heteroatoms. The molecule has 4 rings (SSSR count). The minimum atomic E-state index is -0.668. The fourth-order valence-electron chi connectivity index (χ4n) is 8.82. The number of hydrogen-bond acceptors (Lipinski definition) is 4. The zero-order valence-electron chi connectivity index (χ0n) is 26.0. The SMILES string of the molecule is CCCCCCCCC(=O)C1([C@H](O)C=CC(C)(C)[C@H]2CC[C@H]3C(=CC=C4C[C@@H](O)C[C@H](O)C4)CCC[C@]23C)CC1. The van der Waals surface area contributed by atoms with E-state index in [4.69, 9.17) is 0 Å². The third-order valence-electron chi connectivity index (χ3n) is 11.3. The number of aliphatic hydroxyl groups is 3. The number of ketones is 1. The Hall–Kier alpha value is -1.23. The molecule has 3 N–H and O–H groups in total. The van der Waals surface area contributed by atoms with Crippen LogP contribution in [0.2, 0.25) is 0 Å². The average Bonchev–Trinajstić information content (AvgIpc) is 3.63. The molecule has 0 aliphatic heterocycles. The number of carbonyl (C=O) groups excluding carboxylic acids is 1. The fourth-order valence-corrected chi connectivity index (χ4v) is 8.82. The summed E-state index contributed by atoms with van der Waals surface area (Å²) in [5.41, 5.74) is 2.35. The van der Waals surface area contributed by atoms with Crippen molar-refractivity contribution in [2.24, 2.45) is 28.1 Å². The molecule has 226 valence electrons. The van der Waals surface area contributed by atoms with Crippen molar-refractivity contribution in [3.63, 3.8) is 0 Å². The molecule has 0 spiro atoms. The van der Waals surface area contributed by atoms with Crippen molar-refractivity contribution in [2.75, 3.05) is 0 Å². The van der Waals surface area contributed by atoms with E-state index < -0.39 is 23.7 Å². The number of hydrogen-bond donors (Lipinski definition) is 3. The van der Waals surface area contributed by atoms with E-state index in [1.54, 1.807) is 0 Å². The number of rotatable bonds is 13. The van der Waals surface area contributed by atoms with E-state index in [0.717, 1.165) is 37.7 Å². The standard InChI is InChI=1S/C36H58O4/c1-5-6-7-8-9-10-13-32(39)36(21-22-36)33(40)18-20-34(2,3)31-17-16-30-27(12-11-19-35(30,31)4)15-14-26-23-28(37)25-29(38)24-26/h14-15,18,20,28-31,33,37-38,40H,5-13,16-17,19,21-25H2,1-4H3/t28-,29-,30+,31-,33-,35+/m1/s1. The van der Waals surface area contributed by atoms with Gasteiger partial charge in [-0.15, -0.1) is 0 Å². The summed E-state index contributed by atoms with van der Waals surface area (Å²) >= 11 is 0. The molecular formula is C36H58O4. The van der Waals surface area contributed by atoms with Crippen LogP contribution < -0.4 is 0 Å². The van der Waals surface area contributed by atoms with Crippen LogP contribution in [0.15, 0.2) is 35.5 Å². The van der Waals surface area contributed by atoms with Crippen LogP contribution in [0.1, 0.15) is 137 Å². The van der Waals surface area contributed by atoms with E-state index in [2.05, 4.69) is 45.9 Å². The lowest BCUT2D eigenvalue weighted by molar-refractivity contribution is -0.127. The predicted octanol–water partition coefficient (Wildman–Crippen LogP) is 8.00. The van der Waals surface area contributed by atoms with Gasteiger partial charge in [0.1, 0.15) is 5.78 Å². The second kappa shape index (κ2) is 13.4. The van der Waals surface area contributed by atoms with Crippen LogP contribution >= 0.6 is 0 Å². The second-order valence-electron chi connectivity index (χ2n) is 14.8. The van der Waals surface area contributed by atoms with Crippen molar-refractivity contribution in [1.29, 1.82) is 0 Å². The van der Waals surface area contributed by atoms with Crippen molar-refractivity contribution < 1.29 is 20.1 Å². The number of carbonyl (C=O) groups is 1. The number of aliphatic hydroxyl groups excluding tert-OH is 3. The van der Waals surface area contributed by atoms with Gasteiger partial charge in [-0.1, -0.05) is 95.2 Å². The van der Waals surface area contributed by atoms with E-state index >= 15 is 0 Å².